The second-order valence-electron chi connectivity index (χ2n) is 8.67. The van der Waals surface area contributed by atoms with E-state index >= 15 is 4.39 Å². The van der Waals surface area contributed by atoms with Crippen molar-refractivity contribution < 1.29 is 17.2 Å². The van der Waals surface area contributed by atoms with E-state index in [-0.39, 0.29) is 5.52 Å². The predicted molar refractivity (Wildman–Crippen MR) is 119 cm³/mol. The second-order valence-corrected chi connectivity index (χ2v) is 10.5. The minimum atomic E-state index is -3.64. The van der Waals surface area contributed by atoms with Gasteiger partial charge in [-0.25, -0.2) is 21.2 Å². The lowest BCUT2D eigenvalue weighted by atomic mass is 9.92. The van der Waals surface area contributed by atoms with E-state index in [0.717, 1.165) is 16.3 Å². The molecule has 3 heterocycles. The van der Waals surface area contributed by atoms with Gasteiger partial charge in [-0.3, -0.25) is 4.57 Å². The maximum Gasteiger partial charge on any atom is 0.236 e. The van der Waals surface area contributed by atoms with Crippen molar-refractivity contribution in [1.29, 1.82) is 0 Å². The van der Waals surface area contributed by atoms with E-state index in [0.29, 0.717) is 45.1 Å². The molecule has 7 nitrogen and oxygen atoms in total. The van der Waals surface area contributed by atoms with Crippen LogP contribution in [0.3, 0.4) is 0 Å². The molecule has 1 aliphatic rings. The highest BCUT2D eigenvalue weighted by Crippen LogP contribution is 2.44. The number of rotatable bonds is 2. The Morgan fingerprint density at radius 1 is 1.06 bits per heavy atom. The fourth-order valence-corrected chi connectivity index (χ4v) is 5.30. The third-order valence-electron chi connectivity index (χ3n) is 5.94. The molecule has 32 heavy (non-hydrogen) atoms. The first kappa shape index (κ1) is 20.6. The van der Waals surface area contributed by atoms with Crippen LogP contribution in [-0.2, 0) is 15.6 Å². The molecule has 0 atom stereocenters. The molecule has 0 spiro atoms. The largest absolute Gasteiger partial charge is 0.369 e. The highest BCUT2D eigenvalue weighted by atomic mass is 32.2. The number of aromatic nitrogens is 4. The van der Waals surface area contributed by atoms with Gasteiger partial charge < -0.3 is 5.32 Å². The van der Waals surface area contributed by atoms with E-state index in [1.807, 2.05) is 25.3 Å². The van der Waals surface area contributed by atoms with Crippen molar-refractivity contribution in [2.45, 2.75) is 33.2 Å². The Morgan fingerprint density at radius 3 is 2.47 bits per heavy atom. The number of nitrogens with one attached hydrogen (secondary N) is 1. The zero-order valence-corrected chi connectivity index (χ0v) is 19.0. The number of hydrogen-bond donors (Lipinski definition) is 1. The molecule has 0 saturated carbocycles. The first-order valence-electron chi connectivity index (χ1n) is 9.96. The summed E-state index contributed by atoms with van der Waals surface area (Å²) >= 11 is 0. The van der Waals surface area contributed by atoms with E-state index in [1.165, 1.54) is 18.3 Å². The maximum absolute atomic E-state index is 15.5. The predicted octanol–water partition coefficient (Wildman–Crippen LogP) is 4.25. The van der Waals surface area contributed by atoms with Crippen molar-refractivity contribution in [3.05, 3.63) is 59.3 Å². The Balaban J connectivity index is 1.86. The van der Waals surface area contributed by atoms with Crippen molar-refractivity contribution in [1.82, 2.24) is 18.7 Å². The molecule has 0 aliphatic carbocycles. The fourth-order valence-electron chi connectivity index (χ4n) is 4.51. The third-order valence-corrected chi connectivity index (χ3v) is 6.97. The van der Waals surface area contributed by atoms with Gasteiger partial charge in [0.1, 0.15) is 17.5 Å². The van der Waals surface area contributed by atoms with Crippen LogP contribution in [0.4, 0.5) is 14.5 Å². The lowest BCUT2D eigenvalue weighted by molar-refractivity contribution is 0.521. The van der Waals surface area contributed by atoms with Gasteiger partial charge in [-0.15, -0.1) is 10.2 Å². The summed E-state index contributed by atoms with van der Waals surface area (Å²) in [4.78, 5) is 0. The molecule has 0 radical (unpaired) electrons. The van der Waals surface area contributed by atoms with Crippen LogP contribution < -0.4 is 5.32 Å². The maximum atomic E-state index is 15.5. The van der Waals surface area contributed by atoms with Crippen LogP contribution >= 0.6 is 0 Å². The SMILES string of the molecule is Cc1c(-c2cc(F)cc3c2ccn3S(C)(=O)=O)cc(F)c2c1-n1c(C)nnc1C(C)(C)N2. The lowest BCUT2D eigenvalue weighted by Gasteiger charge is -2.35. The Morgan fingerprint density at radius 2 is 1.78 bits per heavy atom. The number of nitrogens with zero attached hydrogens (tertiary/aromatic N) is 4. The fraction of sp³-hybridized carbons (Fsp3) is 0.273. The molecule has 1 N–H and O–H groups in total. The zero-order valence-electron chi connectivity index (χ0n) is 18.2. The molecular formula is C22H21F2N5O2S. The molecule has 5 rings (SSSR count). The van der Waals surface area contributed by atoms with E-state index in [2.05, 4.69) is 15.5 Å². The van der Waals surface area contributed by atoms with Gasteiger partial charge >= 0.3 is 0 Å². The molecule has 4 aromatic rings. The van der Waals surface area contributed by atoms with Crippen LogP contribution in [0.2, 0.25) is 0 Å². The summed E-state index contributed by atoms with van der Waals surface area (Å²) in [5.41, 5.74) is 1.95. The number of hydrogen-bond acceptors (Lipinski definition) is 5. The van der Waals surface area contributed by atoms with Crippen molar-refractivity contribution in [2.75, 3.05) is 11.6 Å². The van der Waals surface area contributed by atoms with Crippen molar-refractivity contribution in [3.8, 4) is 16.8 Å². The van der Waals surface area contributed by atoms with E-state index < -0.39 is 27.2 Å². The van der Waals surface area contributed by atoms with Crippen LogP contribution in [-0.4, -0.2) is 33.4 Å². The van der Waals surface area contributed by atoms with Gasteiger partial charge in [-0.1, -0.05) is 0 Å². The molecule has 2 aromatic carbocycles. The van der Waals surface area contributed by atoms with Crippen molar-refractivity contribution in [2.24, 2.45) is 0 Å². The van der Waals surface area contributed by atoms with Gasteiger partial charge in [-0.05, 0) is 68.7 Å². The van der Waals surface area contributed by atoms with Crippen LogP contribution in [0, 0.1) is 25.5 Å². The van der Waals surface area contributed by atoms with Crippen LogP contribution in [0.15, 0.2) is 30.5 Å². The lowest BCUT2D eigenvalue weighted by Crippen LogP contribution is -2.37. The summed E-state index contributed by atoms with van der Waals surface area (Å²) in [6, 6.07) is 5.41. The van der Waals surface area contributed by atoms with Crippen molar-refractivity contribution >= 4 is 26.6 Å². The van der Waals surface area contributed by atoms with Crippen LogP contribution in [0.5, 0.6) is 0 Å². The summed E-state index contributed by atoms with van der Waals surface area (Å²) in [7, 11) is -3.64. The Hall–Kier alpha value is -3.27. The Bertz CT molecular complexity index is 1550. The average molecular weight is 458 g/mol. The minimum Gasteiger partial charge on any atom is -0.369 e. The number of halogens is 2. The molecule has 0 fully saturated rings. The summed E-state index contributed by atoms with van der Waals surface area (Å²) in [6.45, 7) is 7.39. The van der Waals surface area contributed by atoms with Crippen molar-refractivity contribution in [3.63, 3.8) is 0 Å². The van der Waals surface area contributed by atoms with E-state index in [4.69, 9.17) is 0 Å². The Kier molecular flexibility index (Phi) is 4.11. The van der Waals surface area contributed by atoms with Gasteiger partial charge in [0.05, 0.1) is 28.7 Å². The Labute approximate surface area is 183 Å². The van der Waals surface area contributed by atoms with Crippen LogP contribution in [0.1, 0.15) is 31.1 Å². The molecule has 1 aliphatic heterocycles. The van der Waals surface area contributed by atoms with Gasteiger partial charge in [0.25, 0.3) is 0 Å². The molecule has 0 bridgehead atoms. The van der Waals surface area contributed by atoms with E-state index in [1.54, 1.807) is 13.0 Å². The zero-order chi connectivity index (χ0) is 23.2. The van der Waals surface area contributed by atoms with E-state index in [9.17, 15) is 12.8 Å². The summed E-state index contributed by atoms with van der Waals surface area (Å²) < 4.78 is 57.2. The molecule has 0 saturated heterocycles. The normalized spacial score (nSPS) is 14.8. The standard InChI is InChI=1S/C22H21F2N5O2S/c1-11-15(16-8-13(23)9-18-14(16)6-7-28(18)32(5,30)31)10-17(24)19-20(11)29-12(2)26-27-21(29)22(3,4)25-19/h6-10,25H,1-5H3. The first-order chi connectivity index (χ1) is 14.9. The second kappa shape index (κ2) is 6.38. The average Bonchev–Trinajstić information content (AvgIpc) is 3.28. The molecule has 10 heteroatoms. The number of aryl methyl sites for hydroxylation is 1. The molecule has 166 valence electrons. The van der Waals surface area contributed by atoms with Gasteiger partial charge in [-0.2, -0.15) is 0 Å². The quantitative estimate of drug-likeness (QED) is 0.487. The third kappa shape index (κ3) is 2.78. The van der Waals surface area contributed by atoms with Gasteiger partial charge in [0.2, 0.25) is 10.0 Å². The number of fused-ring (bicyclic) bond motifs is 4. The first-order valence-corrected chi connectivity index (χ1v) is 11.8. The summed E-state index contributed by atoms with van der Waals surface area (Å²) in [5, 5.41) is 12.2. The monoisotopic (exact) mass is 457 g/mol. The minimum absolute atomic E-state index is 0.195. The molecule has 0 amide bonds. The highest BCUT2D eigenvalue weighted by Gasteiger charge is 2.37. The summed E-state index contributed by atoms with van der Waals surface area (Å²) in [6.07, 6.45) is 2.42. The summed E-state index contributed by atoms with van der Waals surface area (Å²) in [5.74, 6) is 0.110. The van der Waals surface area contributed by atoms with Crippen LogP contribution in [0.25, 0.3) is 27.7 Å². The topological polar surface area (TPSA) is 81.8 Å². The number of benzene rings is 2. The smallest absolute Gasteiger partial charge is 0.236 e. The molecule has 2 aromatic heterocycles. The highest BCUT2D eigenvalue weighted by molar-refractivity contribution is 7.89. The molecular weight excluding hydrogens is 436 g/mol. The molecule has 0 unspecified atom stereocenters. The number of anilines is 1. The van der Waals surface area contributed by atoms with Gasteiger partial charge in [0, 0.05) is 11.6 Å². The van der Waals surface area contributed by atoms with Gasteiger partial charge in [0.15, 0.2) is 5.82 Å².